The fourth-order valence-corrected chi connectivity index (χ4v) is 2.99. The van der Waals surface area contributed by atoms with E-state index in [-0.39, 0.29) is 12.4 Å². The Morgan fingerprint density at radius 1 is 1.21 bits per heavy atom. The maximum Gasteiger partial charge on any atom is 0.0233 e. The van der Waals surface area contributed by atoms with Gasteiger partial charge in [0.15, 0.2) is 0 Å². The van der Waals surface area contributed by atoms with Crippen LogP contribution < -0.4 is 5.32 Å². The molecule has 0 spiro atoms. The van der Waals surface area contributed by atoms with Crippen LogP contribution in [0.1, 0.15) is 24.8 Å². The zero-order valence-corrected chi connectivity index (χ0v) is 14.5. The molecule has 1 heterocycles. The summed E-state index contributed by atoms with van der Waals surface area (Å²) in [4.78, 5) is 2.60. The number of nitrogens with one attached hydrogen (secondary N) is 1. The largest absolute Gasteiger partial charge is 0.320 e. The van der Waals surface area contributed by atoms with Crippen LogP contribution in [-0.2, 0) is 6.54 Å². The predicted octanol–water partition coefficient (Wildman–Crippen LogP) is 3.53. The standard InChI is InChI=1S/C15H23IN2.ClH/c1-17-9-6-13-7-10-18(11-8-13)12-14-2-4-15(16)5-3-14;/h2-5,13,17H,6-12H2,1H3;1H. The zero-order chi connectivity index (χ0) is 12.8. The minimum atomic E-state index is 0. The van der Waals surface area contributed by atoms with E-state index in [9.17, 15) is 0 Å². The average Bonchev–Trinajstić information content (AvgIpc) is 2.41. The van der Waals surface area contributed by atoms with Crippen molar-refractivity contribution in [2.24, 2.45) is 5.92 Å². The van der Waals surface area contributed by atoms with Crippen molar-refractivity contribution in [1.29, 1.82) is 0 Å². The molecule has 0 bridgehead atoms. The molecule has 1 saturated heterocycles. The number of benzene rings is 1. The molecule has 0 unspecified atom stereocenters. The van der Waals surface area contributed by atoms with Crippen molar-refractivity contribution in [1.82, 2.24) is 10.2 Å². The van der Waals surface area contributed by atoms with Crippen LogP contribution in [0, 0.1) is 9.49 Å². The summed E-state index contributed by atoms with van der Waals surface area (Å²) in [6.45, 7) is 4.82. The van der Waals surface area contributed by atoms with Crippen molar-refractivity contribution in [3.05, 3.63) is 33.4 Å². The highest BCUT2D eigenvalue weighted by atomic mass is 127. The molecule has 108 valence electrons. The Morgan fingerprint density at radius 2 is 1.84 bits per heavy atom. The molecule has 0 aliphatic carbocycles. The van der Waals surface area contributed by atoms with Crippen LogP contribution in [0.3, 0.4) is 0 Å². The SMILES string of the molecule is CNCCC1CCN(Cc2ccc(I)cc2)CC1.Cl. The fourth-order valence-electron chi connectivity index (χ4n) is 2.63. The summed E-state index contributed by atoms with van der Waals surface area (Å²) >= 11 is 2.36. The van der Waals surface area contributed by atoms with Gasteiger partial charge in [-0.1, -0.05) is 12.1 Å². The second-order valence-electron chi connectivity index (χ2n) is 5.24. The van der Waals surface area contributed by atoms with E-state index < -0.39 is 0 Å². The van der Waals surface area contributed by atoms with Gasteiger partial charge in [-0.25, -0.2) is 0 Å². The lowest BCUT2D eigenvalue weighted by Crippen LogP contribution is -2.34. The number of hydrogen-bond acceptors (Lipinski definition) is 2. The maximum absolute atomic E-state index is 3.26. The third-order valence-corrected chi connectivity index (χ3v) is 4.55. The van der Waals surface area contributed by atoms with Crippen molar-refractivity contribution in [3.63, 3.8) is 0 Å². The predicted molar refractivity (Wildman–Crippen MR) is 93.0 cm³/mol. The van der Waals surface area contributed by atoms with E-state index in [1.807, 2.05) is 7.05 Å². The van der Waals surface area contributed by atoms with Gasteiger partial charge in [0.1, 0.15) is 0 Å². The number of hydrogen-bond donors (Lipinski definition) is 1. The third kappa shape index (κ3) is 5.98. The van der Waals surface area contributed by atoms with Gasteiger partial charge in [-0.05, 0) is 92.1 Å². The summed E-state index contributed by atoms with van der Waals surface area (Å²) in [5, 5.41) is 3.26. The van der Waals surface area contributed by atoms with Crippen LogP contribution in [0.15, 0.2) is 24.3 Å². The normalized spacial score (nSPS) is 17.2. The average molecular weight is 395 g/mol. The molecule has 1 aromatic rings. The quantitative estimate of drug-likeness (QED) is 0.769. The first-order valence-corrected chi connectivity index (χ1v) is 7.97. The van der Waals surface area contributed by atoms with E-state index in [1.165, 1.54) is 48.0 Å². The molecule has 0 aromatic heterocycles. The van der Waals surface area contributed by atoms with Gasteiger partial charge in [-0.3, -0.25) is 4.90 Å². The second kappa shape index (κ2) is 9.16. The van der Waals surface area contributed by atoms with Crippen LogP contribution in [-0.4, -0.2) is 31.6 Å². The van der Waals surface area contributed by atoms with Gasteiger partial charge in [-0.15, -0.1) is 12.4 Å². The number of piperidine rings is 1. The lowest BCUT2D eigenvalue weighted by molar-refractivity contribution is 0.172. The van der Waals surface area contributed by atoms with Crippen LogP contribution >= 0.6 is 35.0 Å². The Bertz CT molecular complexity index is 348. The maximum atomic E-state index is 3.26. The van der Waals surface area contributed by atoms with Gasteiger partial charge >= 0.3 is 0 Å². The van der Waals surface area contributed by atoms with Crippen molar-refractivity contribution in [2.75, 3.05) is 26.7 Å². The van der Waals surface area contributed by atoms with Gasteiger partial charge in [0, 0.05) is 10.1 Å². The molecule has 0 amide bonds. The molecular weight excluding hydrogens is 371 g/mol. The van der Waals surface area contributed by atoms with Crippen molar-refractivity contribution >= 4 is 35.0 Å². The summed E-state index contributed by atoms with van der Waals surface area (Å²) in [7, 11) is 2.05. The number of nitrogens with zero attached hydrogens (tertiary/aromatic N) is 1. The molecule has 1 N–H and O–H groups in total. The highest BCUT2D eigenvalue weighted by Gasteiger charge is 2.18. The molecular formula is C15H24ClIN2. The molecule has 2 rings (SSSR count). The Morgan fingerprint density at radius 3 is 2.42 bits per heavy atom. The van der Waals surface area contributed by atoms with Crippen molar-refractivity contribution < 1.29 is 0 Å². The molecule has 2 nitrogen and oxygen atoms in total. The molecule has 0 radical (unpaired) electrons. The van der Waals surface area contributed by atoms with E-state index in [4.69, 9.17) is 0 Å². The molecule has 0 atom stereocenters. The van der Waals surface area contributed by atoms with E-state index in [0.29, 0.717) is 0 Å². The number of rotatable bonds is 5. The number of halogens is 2. The molecule has 1 aliphatic rings. The monoisotopic (exact) mass is 394 g/mol. The minimum absolute atomic E-state index is 0. The fraction of sp³-hybridized carbons (Fsp3) is 0.600. The molecule has 1 aliphatic heterocycles. The summed E-state index contributed by atoms with van der Waals surface area (Å²) in [5.41, 5.74) is 1.45. The summed E-state index contributed by atoms with van der Waals surface area (Å²) in [5.74, 6) is 0.936. The Kier molecular flexibility index (Phi) is 8.30. The highest BCUT2D eigenvalue weighted by Crippen LogP contribution is 2.21. The van der Waals surface area contributed by atoms with Gasteiger partial charge in [0.25, 0.3) is 0 Å². The van der Waals surface area contributed by atoms with E-state index >= 15 is 0 Å². The lowest BCUT2D eigenvalue weighted by atomic mass is 9.93. The van der Waals surface area contributed by atoms with Crippen LogP contribution in [0.4, 0.5) is 0 Å². The molecule has 1 fully saturated rings. The Labute approximate surface area is 136 Å². The summed E-state index contributed by atoms with van der Waals surface area (Å²) < 4.78 is 1.32. The van der Waals surface area contributed by atoms with Gasteiger partial charge in [0.2, 0.25) is 0 Å². The van der Waals surface area contributed by atoms with Crippen molar-refractivity contribution in [2.45, 2.75) is 25.8 Å². The van der Waals surface area contributed by atoms with Gasteiger partial charge < -0.3 is 5.32 Å². The first kappa shape index (κ1) is 17.2. The van der Waals surface area contributed by atoms with E-state index in [0.717, 1.165) is 12.5 Å². The Balaban J connectivity index is 0.00000180. The third-order valence-electron chi connectivity index (χ3n) is 3.83. The molecule has 4 heteroatoms. The zero-order valence-electron chi connectivity index (χ0n) is 11.6. The van der Waals surface area contributed by atoms with Crippen LogP contribution in [0.2, 0.25) is 0 Å². The summed E-state index contributed by atoms with van der Waals surface area (Å²) in [6.07, 6.45) is 4.08. The Hall–Kier alpha value is 0.160. The second-order valence-corrected chi connectivity index (χ2v) is 6.48. The first-order valence-electron chi connectivity index (χ1n) is 6.89. The van der Waals surface area contributed by atoms with Crippen LogP contribution in [0.5, 0.6) is 0 Å². The van der Waals surface area contributed by atoms with E-state index in [1.54, 1.807) is 0 Å². The highest BCUT2D eigenvalue weighted by molar-refractivity contribution is 14.1. The molecule has 1 aromatic carbocycles. The summed E-state index contributed by atoms with van der Waals surface area (Å²) in [6, 6.07) is 8.93. The topological polar surface area (TPSA) is 15.3 Å². The first-order chi connectivity index (χ1) is 8.78. The molecule has 0 saturated carbocycles. The smallest absolute Gasteiger partial charge is 0.0233 e. The van der Waals surface area contributed by atoms with E-state index in [2.05, 4.69) is 57.1 Å². The van der Waals surface area contributed by atoms with Gasteiger partial charge in [-0.2, -0.15) is 0 Å². The lowest BCUT2D eigenvalue weighted by Gasteiger charge is -2.32. The number of likely N-dealkylation sites (tertiary alicyclic amines) is 1. The molecule has 19 heavy (non-hydrogen) atoms. The van der Waals surface area contributed by atoms with Crippen LogP contribution in [0.25, 0.3) is 0 Å². The van der Waals surface area contributed by atoms with Crippen molar-refractivity contribution in [3.8, 4) is 0 Å². The van der Waals surface area contributed by atoms with Gasteiger partial charge in [0.05, 0.1) is 0 Å². The minimum Gasteiger partial charge on any atom is -0.320 e.